The number of benzene rings is 1. The van der Waals surface area contributed by atoms with Crippen molar-refractivity contribution in [2.24, 2.45) is 11.6 Å². The standard InChI is InChI=1S/C10H14.CH5N3S/c1-8(2)10-7-5-4-6-9(10)3;2-1(5)4-3/h4-8H,1-3H3;3H2,(H3,2,4,5). The van der Waals surface area contributed by atoms with Gasteiger partial charge in [-0.25, -0.2) is 5.84 Å². The number of thiocarbonyl (C=S) groups is 1. The lowest BCUT2D eigenvalue weighted by Gasteiger charge is -2.07. The highest BCUT2D eigenvalue weighted by Crippen LogP contribution is 2.17. The second-order valence-corrected chi connectivity index (χ2v) is 3.96. The fourth-order valence-corrected chi connectivity index (χ4v) is 1.23. The minimum Gasteiger partial charge on any atom is -0.375 e. The van der Waals surface area contributed by atoms with Crippen molar-refractivity contribution in [3.63, 3.8) is 0 Å². The number of aryl methyl sites for hydroxylation is 1. The van der Waals surface area contributed by atoms with E-state index >= 15 is 0 Å². The van der Waals surface area contributed by atoms with Gasteiger partial charge in [0.2, 0.25) is 0 Å². The van der Waals surface area contributed by atoms with Crippen LogP contribution in [0, 0.1) is 6.92 Å². The third-order valence-electron chi connectivity index (χ3n) is 1.95. The van der Waals surface area contributed by atoms with Gasteiger partial charge in [-0.3, -0.25) is 0 Å². The Hall–Kier alpha value is -1.13. The molecule has 0 amide bonds. The Kier molecular flexibility index (Phi) is 6.66. The van der Waals surface area contributed by atoms with E-state index in [1.54, 1.807) is 0 Å². The Bertz CT molecular complexity index is 310. The lowest BCUT2D eigenvalue weighted by molar-refractivity contribution is 0.856. The fraction of sp³-hybridized carbons (Fsp3) is 0.364. The molecule has 84 valence electrons. The topological polar surface area (TPSA) is 64.1 Å². The summed E-state index contributed by atoms with van der Waals surface area (Å²) < 4.78 is 0. The first-order valence-electron chi connectivity index (χ1n) is 4.80. The molecule has 15 heavy (non-hydrogen) atoms. The van der Waals surface area contributed by atoms with Gasteiger partial charge in [0.15, 0.2) is 5.11 Å². The molecule has 0 saturated heterocycles. The monoisotopic (exact) mass is 225 g/mol. The lowest BCUT2D eigenvalue weighted by Crippen LogP contribution is -2.34. The van der Waals surface area contributed by atoms with Gasteiger partial charge in [-0.2, -0.15) is 0 Å². The summed E-state index contributed by atoms with van der Waals surface area (Å²) in [4.78, 5) is 0. The Labute approximate surface area is 96.8 Å². The first-order chi connectivity index (χ1) is 6.99. The molecule has 1 aromatic rings. The van der Waals surface area contributed by atoms with Crippen molar-refractivity contribution >= 4 is 17.3 Å². The SMILES string of the molecule is Cc1ccccc1C(C)C.NNC(N)=S. The Morgan fingerprint density at radius 1 is 1.33 bits per heavy atom. The van der Waals surface area contributed by atoms with E-state index in [-0.39, 0.29) is 5.11 Å². The molecule has 3 nitrogen and oxygen atoms in total. The first-order valence-corrected chi connectivity index (χ1v) is 5.21. The van der Waals surface area contributed by atoms with Gasteiger partial charge in [-0.15, -0.1) is 0 Å². The van der Waals surface area contributed by atoms with Crippen molar-refractivity contribution in [3.8, 4) is 0 Å². The van der Waals surface area contributed by atoms with Gasteiger partial charge in [0.1, 0.15) is 0 Å². The zero-order valence-electron chi connectivity index (χ0n) is 9.45. The van der Waals surface area contributed by atoms with Crippen LogP contribution in [-0.4, -0.2) is 5.11 Å². The molecule has 1 rings (SSSR count). The van der Waals surface area contributed by atoms with E-state index in [0.717, 1.165) is 0 Å². The molecule has 0 fully saturated rings. The summed E-state index contributed by atoms with van der Waals surface area (Å²) in [5.41, 5.74) is 9.69. The van der Waals surface area contributed by atoms with Gasteiger partial charge >= 0.3 is 0 Å². The van der Waals surface area contributed by atoms with E-state index in [0.29, 0.717) is 5.92 Å². The molecular weight excluding hydrogens is 206 g/mol. The molecule has 0 heterocycles. The van der Waals surface area contributed by atoms with Crippen LogP contribution in [0.3, 0.4) is 0 Å². The average Bonchev–Trinajstić information content (AvgIpc) is 2.19. The molecule has 0 radical (unpaired) electrons. The van der Waals surface area contributed by atoms with Crippen LogP contribution in [0.25, 0.3) is 0 Å². The lowest BCUT2D eigenvalue weighted by atomic mass is 9.99. The molecule has 0 aliphatic heterocycles. The summed E-state index contributed by atoms with van der Waals surface area (Å²) in [5.74, 6) is 5.31. The highest BCUT2D eigenvalue weighted by Gasteiger charge is 1.99. The van der Waals surface area contributed by atoms with E-state index in [1.165, 1.54) is 11.1 Å². The van der Waals surface area contributed by atoms with Crippen LogP contribution in [0.4, 0.5) is 0 Å². The molecule has 0 spiro atoms. The number of nitrogens with one attached hydrogen (secondary N) is 1. The molecular formula is C11H19N3S. The number of hydrogen-bond acceptors (Lipinski definition) is 2. The van der Waals surface area contributed by atoms with Gasteiger partial charge in [-0.1, -0.05) is 38.1 Å². The zero-order valence-corrected chi connectivity index (χ0v) is 10.3. The summed E-state index contributed by atoms with van der Waals surface area (Å²) in [6.45, 7) is 6.61. The maximum Gasteiger partial charge on any atom is 0.177 e. The van der Waals surface area contributed by atoms with E-state index in [1.807, 2.05) is 5.43 Å². The summed E-state index contributed by atoms with van der Waals surface area (Å²) in [6, 6.07) is 8.54. The number of hydrazine groups is 1. The summed E-state index contributed by atoms with van der Waals surface area (Å²) in [6.07, 6.45) is 0. The van der Waals surface area contributed by atoms with Crippen LogP contribution in [-0.2, 0) is 0 Å². The first kappa shape index (κ1) is 13.9. The van der Waals surface area contributed by atoms with Crippen molar-refractivity contribution < 1.29 is 0 Å². The molecule has 0 bridgehead atoms. The third kappa shape index (κ3) is 6.04. The normalized spacial score (nSPS) is 9.13. The predicted molar refractivity (Wildman–Crippen MR) is 69.4 cm³/mol. The highest BCUT2D eigenvalue weighted by molar-refractivity contribution is 7.80. The molecule has 0 atom stereocenters. The van der Waals surface area contributed by atoms with Crippen LogP contribution in [0.2, 0.25) is 0 Å². The maximum atomic E-state index is 4.79. The number of rotatable bonds is 1. The smallest absolute Gasteiger partial charge is 0.177 e. The number of hydrogen-bond donors (Lipinski definition) is 3. The van der Waals surface area contributed by atoms with Crippen LogP contribution in [0.15, 0.2) is 24.3 Å². The van der Waals surface area contributed by atoms with E-state index < -0.39 is 0 Å². The minimum absolute atomic E-state index is 0.116. The summed E-state index contributed by atoms with van der Waals surface area (Å²) >= 11 is 4.24. The van der Waals surface area contributed by atoms with Crippen molar-refractivity contribution in [3.05, 3.63) is 35.4 Å². The second kappa shape index (κ2) is 7.20. The Morgan fingerprint density at radius 3 is 2.07 bits per heavy atom. The zero-order chi connectivity index (χ0) is 11.8. The van der Waals surface area contributed by atoms with E-state index in [9.17, 15) is 0 Å². The van der Waals surface area contributed by atoms with Gasteiger partial charge in [0.05, 0.1) is 0 Å². The van der Waals surface area contributed by atoms with Gasteiger partial charge < -0.3 is 11.2 Å². The molecule has 5 N–H and O–H groups in total. The quantitative estimate of drug-likeness (QED) is 0.387. The third-order valence-corrected chi connectivity index (χ3v) is 2.07. The summed E-state index contributed by atoms with van der Waals surface area (Å²) in [7, 11) is 0. The average molecular weight is 225 g/mol. The second-order valence-electron chi connectivity index (χ2n) is 3.52. The molecule has 1 aromatic carbocycles. The van der Waals surface area contributed by atoms with Gasteiger partial charge in [-0.05, 0) is 36.2 Å². The number of nitrogens with two attached hydrogens (primary N) is 2. The summed E-state index contributed by atoms with van der Waals surface area (Å²) in [5, 5.41) is 0.116. The van der Waals surface area contributed by atoms with E-state index in [4.69, 9.17) is 5.73 Å². The molecule has 0 aromatic heterocycles. The van der Waals surface area contributed by atoms with Crippen molar-refractivity contribution in [1.82, 2.24) is 5.43 Å². The predicted octanol–water partition coefficient (Wildman–Crippen LogP) is 1.81. The highest BCUT2D eigenvalue weighted by atomic mass is 32.1. The molecule has 0 aliphatic rings. The van der Waals surface area contributed by atoms with Crippen molar-refractivity contribution in [1.29, 1.82) is 0 Å². The molecule has 0 unspecified atom stereocenters. The van der Waals surface area contributed by atoms with Gasteiger partial charge in [0.25, 0.3) is 0 Å². The van der Waals surface area contributed by atoms with Crippen LogP contribution >= 0.6 is 12.2 Å². The largest absolute Gasteiger partial charge is 0.375 e. The fourth-order valence-electron chi connectivity index (χ4n) is 1.23. The Morgan fingerprint density at radius 2 is 1.80 bits per heavy atom. The van der Waals surface area contributed by atoms with Crippen LogP contribution < -0.4 is 17.0 Å². The van der Waals surface area contributed by atoms with E-state index in [2.05, 4.69) is 63.1 Å². The van der Waals surface area contributed by atoms with Crippen molar-refractivity contribution in [2.45, 2.75) is 26.7 Å². The van der Waals surface area contributed by atoms with Crippen LogP contribution in [0.1, 0.15) is 30.9 Å². The molecule has 4 heteroatoms. The maximum absolute atomic E-state index is 4.79. The van der Waals surface area contributed by atoms with Gasteiger partial charge in [0, 0.05) is 0 Å². The van der Waals surface area contributed by atoms with Crippen molar-refractivity contribution in [2.75, 3.05) is 0 Å². The van der Waals surface area contributed by atoms with Crippen LogP contribution in [0.5, 0.6) is 0 Å². The minimum atomic E-state index is 0.116. The molecule has 0 aliphatic carbocycles. The molecule has 0 saturated carbocycles. The Balaban J connectivity index is 0.000000336.